The molecule has 0 aromatic rings. The molecule has 4 aliphatic carbocycles. The maximum atomic E-state index is 12.7. The van der Waals surface area contributed by atoms with Crippen LogP contribution in [0.3, 0.4) is 0 Å². The number of methoxy groups -OCH3 is 1. The molecule has 1 saturated heterocycles. The molecule has 4 fully saturated rings. The highest BCUT2D eigenvalue weighted by atomic mass is 16.6. The van der Waals surface area contributed by atoms with Gasteiger partial charge < -0.3 is 24.7 Å². The molecule has 0 aromatic heterocycles. The Bertz CT molecular complexity index is 1070. The number of allylic oxidation sites excluding steroid dienone is 2. The smallest absolute Gasteiger partial charge is 0.328 e. The van der Waals surface area contributed by atoms with E-state index in [0.717, 1.165) is 50.7 Å². The first-order valence-corrected chi connectivity index (χ1v) is 14.1. The fraction of sp³-hybridized carbons (Fsp3) is 0.793. The molecule has 9 heteroatoms. The highest BCUT2D eigenvalue weighted by molar-refractivity contribution is 5.96. The van der Waals surface area contributed by atoms with E-state index in [1.807, 2.05) is 0 Å². The van der Waals surface area contributed by atoms with Crippen molar-refractivity contribution in [2.75, 3.05) is 20.3 Å². The van der Waals surface area contributed by atoms with Crippen molar-refractivity contribution in [3.63, 3.8) is 0 Å². The fourth-order valence-electron chi connectivity index (χ4n) is 8.94. The van der Waals surface area contributed by atoms with Gasteiger partial charge in [-0.2, -0.15) is 0 Å². The van der Waals surface area contributed by atoms with Crippen LogP contribution in [0.4, 0.5) is 0 Å². The first-order chi connectivity index (χ1) is 17.9. The normalized spacial score (nSPS) is 43.1. The zero-order valence-corrected chi connectivity index (χ0v) is 23.1. The number of carbonyl (C=O) groups excluding carboxylic acids is 3. The summed E-state index contributed by atoms with van der Waals surface area (Å²) in [5.41, 5.74) is 0.746. The summed E-state index contributed by atoms with van der Waals surface area (Å²) >= 11 is 0. The van der Waals surface area contributed by atoms with Crippen LogP contribution in [0.2, 0.25) is 0 Å². The predicted molar refractivity (Wildman–Crippen MR) is 139 cm³/mol. The van der Waals surface area contributed by atoms with Gasteiger partial charge in [-0.15, -0.1) is 0 Å². The van der Waals surface area contributed by atoms with Crippen LogP contribution < -0.4 is 0 Å². The van der Waals surface area contributed by atoms with Crippen molar-refractivity contribution in [3.05, 3.63) is 11.6 Å². The number of ketones is 1. The highest BCUT2D eigenvalue weighted by Crippen LogP contribution is 2.67. The Morgan fingerprint density at radius 2 is 1.84 bits per heavy atom. The van der Waals surface area contributed by atoms with E-state index in [0.29, 0.717) is 24.2 Å². The number of hydrogen-bond acceptors (Lipinski definition) is 8. The maximum absolute atomic E-state index is 12.7. The summed E-state index contributed by atoms with van der Waals surface area (Å²) in [7, 11) is 1.27. The summed E-state index contributed by atoms with van der Waals surface area (Å²) < 4.78 is 4.76. The van der Waals surface area contributed by atoms with Crippen LogP contribution in [0.5, 0.6) is 0 Å². The molecule has 1 aliphatic heterocycles. The van der Waals surface area contributed by atoms with Gasteiger partial charge in [-0.25, -0.2) is 4.79 Å². The molecule has 0 spiro atoms. The summed E-state index contributed by atoms with van der Waals surface area (Å²) in [6, 6.07) is -0.796. The lowest BCUT2D eigenvalue weighted by Gasteiger charge is -2.59. The lowest BCUT2D eigenvalue weighted by molar-refractivity contribution is -0.159. The Morgan fingerprint density at radius 3 is 2.55 bits per heavy atom. The first-order valence-electron chi connectivity index (χ1n) is 14.1. The van der Waals surface area contributed by atoms with E-state index >= 15 is 0 Å². The molecule has 1 heterocycles. The third-order valence-corrected chi connectivity index (χ3v) is 11.2. The van der Waals surface area contributed by atoms with E-state index in [1.165, 1.54) is 17.6 Å². The highest BCUT2D eigenvalue weighted by Gasteiger charge is 2.65. The van der Waals surface area contributed by atoms with Gasteiger partial charge in [0.15, 0.2) is 12.4 Å². The summed E-state index contributed by atoms with van der Waals surface area (Å²) in [5.74, 6) is 0.381. The molecule has 210 valence electrons. The summed E-state index contributed by atoms with van der Waals surface area (Å²) in [5, 5.41) is 25.5. The number of aliphatic hydroxyl groups is 2. The molecule has 0 unspecified atom stereocenters. The van der Waals surface area contributed by atoms with E-state index < -0.39 is 29.6 Å². The quantitative estimate of drug-likeness (QED) is 0.414. The molecule has 5 aliphatic rings. The van der Waals surface area contributed by atoms with Crippen LogP contribution in [-0.4, -0.2) is 76.5 Å². The third kappa shape index (κ3) is 4.12. The fourth-order valence-corrected chi connectivity index (χ4v) is 8.94. The van der Waals surface area contributed by atoms with Crippen LogP contribution in [0.15, 0.2) is 16.8 Å². The van der Waals surface area contributed by atoms with Gasteiger partial charge in [0.05, 0.1) is 18.9 Å². The number of Topliss-reactive ketones (excluding diaryl/α,β-unsaturated/α-hetero) is 1. The second-order valence-electron chi connectivity index (χ2n) is 12.7. The molecule has 38 heavy (non-hydrogen) atoms. The second-order valence-corrected chi connectivity index (χ2v) is 12.7. The second kappa shape index (κ2) is 9.73. The van der Waals surface area contributed by atoms with Crippen LogP contribution >= 0.6 is 0 Å². The van der Waals surface area contributed by atoms with E-state index in [9.17, 15) is 24.6 Å². The summed E-state index contributed by atoms with van der Waals surface area (Å²) in [4.78, 5) is 43.8. The Kier molecular flexibility index (Phi) is 7.00. The van der Waals surface area contributed by atoms with Crippen molar-refractivity contribution in [1.82, 2.24) is 4.90 Å². The number of aliphatic hydroxyl groups excluding tert-OH is 1. The van der Waals surface area contributed by atoms with Gasteiger partial charge in [0.1, 0.15) is 11.6 Å². The number of likely N-dealkylation sites (tertiary alicyclic amines) is 1. The maximum Gasteiger partial charge on any atom is 0.328 e. The SMILES string of the molecule is COC(=O)[C@@H]1C[C@H](O)CN1C(=O)CO/N=C1\C=C2CC[C@H]3[C@H](CC[C@@]4(C)[C@H]3CC[C@]4(O)C(C)=O)[C@@]2(C)CC1. The van der Waals surface area contributed by atoms with Crippen molar-refractivity contribution >= 4 is 23.4 Å². The van der Waals surface area contributed by atoms with Crippen molar-refractivity contribution < 1.29 is 34.2 Å². The number of carbonyl (C=O) groups is 3. The van der Waals surface area contributed by atoms with Crippen molar-refractivity contribution in [2.24, 2.45) is 33.7 Å². The van der Waals surface area contributed by atoms with Crippen LogP contribution in [-0.2, 0) is 24.0 Å². The zero-order valence-electron chi connectivity index (χ0n) is 23.1. The number of β-amino-alcohol motifs (C(OH)–C–C–N with tert-alkyl or cyclic N) is 1. The summed E-state index contributed by atoms with van der Waals surface area (Å²) in [6.07, 6.45) is 8.67. The van der Waals surface area contributed by atoms with Gasteiger partial charge in [-0.05, 0) is 87.5 Å². The molecule has 1 amide bonds. The van der Waals surface area contributed by atoms with Gasteiger partial charge in [0, 0.05) is 18.4 Å². The van der Waals surface area contributed by atoms with Crippen LogP contribution in [0, 0.1) is 28.6 Å². The molecule has 0 aromatic carbocycles. The van der Waals surface area contributed by atoms with Crippen molar-refractivity contribution in [2.45, 2.75) is 96.3 Å². The number of fused-ring (bicyclic) bond motifs is 5. The number of nitrogens with zero attached hydrogens (tertiary/aromatic N) is 2. The lowest BCUT2D eigenvalue weighted by Crippen LogP contribution is -2.57. The molecule has 8 atom stereocenters. The summed E-state index contributed by atoms with van der Waals surface area (Å²) in [6.45, 7) is 5.85. The average molecular weight is 531 g/mol. The largest absolute Gasteiger partial charge is 0.467 e. The van der Waals surface area contributed by atoms with Gasteiger partial charge in [0.2, 0.25) is 0 Å². The number of amides is 1. The molecule has 2 N–H and O–H groups in total. The monoisotopic (exact) mass is 530 g/mol. The van der Waals surface area contributed by atoms with E-state index in [2.05, 4.69) is 25.1 Å². The molecular formula is C29H42N2O7. The number of ether oxygens (including phenoxy) is 1. The van der Waals surface area contributed by atoms with Gasteiger partial charge in [-0.3, -0.25) is 9.59 Å². The number of oxime groups is 1. The average Bonchev–Trinajstić information content (AvgIpc) is 3.41. The third-order valence-electron chi connectivity index (χ3n) is 11.2. The minimum atomic E-state index is -1.19. The van der Waals surface area contributed by atoms with Crippen LogP contribution in [0.1, 0.15) is 78.6 Å². The Morgan fingerprint density at radius 1 is 1.11 bits per heavy atom. The van der Waals surface area contributed by atoms with E-state index in [1.54, 1.807) is 6.92 Å². The standard InChI is InChI=1S/C29H42N2O7/c1-17(32)29(36)12-9-23-21-6-5-18-13-19(7-10-27(18,2)22(21)8-11-28(23,29)3)30-38-16-25(34)31-15-20(33)14-24(31)26(35)37-4/h13,20-24,33,36H,5-12,14-16H2,1-4H3/b30-19-/t20-,21-,22-,23-,24-,27-,28-,29-/m0/s1. The van der Waals surface area contributed by atoms with Gasteiger partial charge in [-0.1, -0.05) is 24.6 Å². The van der Waals surface area contributed by atoms with E-state index in [-0.39, 0.29) is 36.2 Å². The number of hydrogen-bond donors (Lipinski definition) is 2. The molecular weight excluding hydrogens is 488 g/mol. The molecule has 3 saturated carbocycles. The minimum absolute atomic E-state index is 0.0649. The zero-order chi connectivity index (χ0) is 27.5. The van der Waals surface area contributed by atoms with Gasteiger partial charge >= 0.3 is 5.97 Å². The topological polar surface area (TPSA) is 126 Å². The predicted octanol–water partition coefficient (Wildman–Crippen LogP) is 2.78. The lowest BCUT2D eigenvalue weighted by atomic mass is 9.46. The Balaban J connectivity index is 1.25. The van der Waals surface area contributed by atoms with Gasteiger partial charge in [0.25, 0.3) is 5.91 Å². The first kappa shape index (κ1) is 27.3. The van der Waals surface area contributed by atoms with Crippen molar-refractivity contribution in [1.29, 1.82) is 0 Å². The van der Waals surface area contributed by atoms with Crippen LogP contribution in [0.25, 0.3) is 0 Å². The molecule has 0 bridgehead atoms. The molecule has 9 nitrogen and oxygen atoms in total. The molecule has 0 radical (unpaired) electrons. The molecule has 5 rings (SSSR count). The van der Waals surface area contributed by atoms with E-state index in [4.69, 9.17) is 9.57 Å². The number of esters is 1. The van der Waals surface area contributed by atoms with Crippen molar-refractivity contribution in [3.8, 4) is 0 Å². The Labute approximate surface area is 224 Å². The number of rotatable bonds is 5. The Hall–Kier alpha value is -2.26. The minimum Gasteiger partial charge on any atom is -0.467 e.